The molecule has 29 heavy (non-hydrogen) atoms. The maximum atomic E-state index is 12.8. The minimum Gasteiger partial charge on any atom is -0.506 e. The van der Waals surface area contributed by atoms with E-state index in [1.54, 1.807) is 36.0 Å². The zero-order chi connectivity index (χ0) is 20.4. The van der Waals surface area contributed by atoms with Crippen molar-refractivity contribution >= 4 is 23.4 Å². The van der Waals surface area contributed by atoms with Crippen LogP contribution < -0.4 is 5.32 Å². The number of hydrogen-bond donors (Lipinski definition) is 2. The molecule has 4 rings (SSSR count). The van der Waals surface area contributed by atoms with Gasteiger partial charge in [-0.3, -0.25) is 4.79 Å². The van der Waals surface area contributed by atoms with Crippen molar-refractivity contribution in [2.24, 2.45) is 11.3 Å². The number of aromatic hydroxyl groups is 1. The average Bonchev–Trinajstić information content (AvgIpc) is 3.31. The summed E-state index contributed by atoms with van der Waals surface area (Å²) < 4.78 is 0. The van der Waals surface area contributed by atoms with E-state index in [0.29, 0.717) is 5.69 Å². The number of aromatic nitrogens is 1. The monoisotopic (exact) mass is 404 g/mol. The quantitative estimate of drug-likeness (QED) is 0.423. The second kappa shape index (κ2) is 7.91. The molecule has 148 valence electrons. The molecule has 2 aromatic carbocycles. The number of nitrogens with one attached hydrogen (secondary N) is 1. The van der Waals surface area contributed by atoms with Gasteiger partial charge in [0.15, 0.2) is 0 Å². The van der Waals surface area contributed by atoms with E-state index in [1.165, 1.54) is 5.56 Å². The Balaban J connectivity index is 1.41. The van der Waals surface area contributed by atoms with Crippen LogP contribution in [-0.2, 0) is 10.5 Å². The fourth-order valence-electron chi connectivity index (χ4n) is 3.93. The van der Waals surface area contributed by atoms with Crippen molar-refractivity contribution in [3.05, 3.63) is 84.1 Å². The number of rotatable bonds is 6. The first-order chi connectivity index (χ1) is 14.0. The Morgan fingerprint density at radius 1 is 1.07 bits per heavy atom. The van der Waals surface area contributed by atoms with E-state index in [9.17, 15) is 9.90 Å². The van der Waals surface area contributed by atoms with Gasteiger partial charge in [-0.05, 0) is 34.7 Å². The van der Waals surface area contributed by atoms with Gasteiger partial charge in [0, 0.05) is 17.9 Å². The van der Waals surface area contributed by atoms with Gasteiger partial charge in [0.25, 0.3) is 0 Å². The number of amides is 1. The molecule has 2 atom stereocenters. The molecule has 3 aromatic rings. The van der Waals surface area contributed by atoms with Crippen LogP contribution in [0.4, 0.5) is 5.69 Å². The predicted octanol–water partition coefficient (Wildman–Crippen LogP) is 5.46. The zero-order valence-electron chi connectivity index (χ0n) is 16.5. The average molecular weight is 405 g/mol. The molecule has 1 amide bonds. The summed E-state index contributed by atoms with van der Waals surface area (Å²) in [5, 5.41) is 13.8. The van der Waals surface area contributed by atoms with Crippen molar-refractivity contribution in [2.75, 3.05) is 5.32 Å². The molecule has 2 N–H and O–H groups in total. The molecule has 1 aromatic heterocycles. The van der Waals surface area contributed by atoms with Gasteiger partial charge < -0.3 is 10.4 Å². The molecule has 1 fully saturated rings. The van der Waals surface area contributed by atoms with Gasteiger partial charge in [0.05, 0.1) is 16.6 Å². The van der Waals surface area contributed by atoms with E-state index < -0.39 is 0 Å². The smallest absolute Gasteiger partial charge is 0.228 e. The molecule has 0 bridgehead atoms. The van der Waals surface area contributed by atoms with Gasteiger partial charge in [-0.1, -0.05) is 62.4 Å². The Hall–Kier alpha value is -2.79. The maximum Gasteiger partial charge on any atom is 0.228 e. The van der Waals surface area contributed by atoms with Crippen LogP contribution in [0.5, 0.6) is 5.75 Å². The second-order valence-corrected chi connectivity index (χ2v) is 8.98. The van der Waals surface area contributed by atoms with E-state index in [0.717, 1.165) is 16.3 Å². The van der Waals surface area contributed by atoms with Crippen molar-refractivity contribution in [2.45, 2.75) is 30.5 Å². The standard InChI is InChI=1S/C24H24N2O2S/c1-24(2)21(22(24)23(28)26-18-10-6-7-11-19(18)27)17-12-13-20(25-14-17)29-15-16-8-4-3-5-9-16/h3-14,21-22,27H,15H2,1-2H3,(H,26,28)/t21-,22+/m0/s1. The number of thioether (sulfide) groups is 1. The number of nitrogens with zero attached hydrogens (tertiary/aromatic N) is 1. The molecular weight excluding hydrogens is 380 g/mol. The number of carbonyl (C=O) groups excluding carboxylic acids is 1. The Kier molecular flexibility index (Phi) is 5.33. The minimum absolute atomic E-state index is 0.0657. The molecule has 5 heteroatoms. The molecule has 0 saturated heterocycles. The number of phenols is 1. The highest BCUT2D eigenvalue weighted by molar-refractivity contribution is 7.98. The highest BCUT2D eigenvalue weighted by atomic mass is 32.2. The topological polar surface area (TPSA) is 62.2 Å². The lowest BCUT2D eigenvalue weighted by Gasteiger charge is -2.07. The largest absolute Gasteiger partial charge is 0.506 e. The molecule has 0 spiro atoms. The lowest BCUT2D eigenvalue weighted by Crippen LogP contribution is -2.16. The van der Waals surface area contributed by atoms with E-state index in [1.807, 2.05) is 30.5 Å². The van der Waals surface area contributed by atoms with Crippen LogP contribution in [0.3, 0.4) is 0 Å². The number of hydrogen-bond acceptors (Lipinski definition) is 4. The third kappa shape index (κ3) is 4.15. The van der Waals surface area contributed by atoms with E-state index in [4.69, 9.17) is 0 Å². The Morgan fingerprint density at radius 2 is 1.79 bits per heavy atom. The van der Waals surface area contributed by atoms with Crippen LogP contribution in [0.25, 0.3) is 0 Å². The maximum absolute atomic E-state index is 12.8. The summed E-state index contributed by atoms with van der Waals surface area (Å²) in [5.41, 5.74) is 2.66. The summed E-state index contributed by atoms with van der Waals surface area (Å²) in [6.07, 6.45) is 1.90. The fourth-order valence-corrected chi connectivity index (χ4v) is 4.73. The molecule has 1 saturated carbocycles. The SMILES string of the molecule is CC1(C)[C@@H](C(=O)Nc2ccccc2O)[C@@H]1c1ccc(SCc2ccccc2)nc1. The number of anilines is 1. The number of benzene rings is 2. The summed E-state index contributed by atoms with van der Waals surface area (Å²) in [4.78, 5) is 17.4. The van der Waals surface area contributed by atoms with Crippen molar-refractivity contribution < 1.29 is 9.90 Å². The summed E-state index contributed by atoms with van der Waals surface area (Å²) in [7, 11) is 0. The summed E-state index contributed by atoms with van der Waals surface area (Å²) in [5.74, 6) is 0.871. The number of phenolic OH excluding ortho intramolecular Hbond substituents is 1. The van der Waals surface area contributed by atoms with Crippen LogP contribution in [-0.4, -0.2) is 16.0 Å². The van der Waals surface area contributed by atoms with Crippen LogP contribution in [0.1, 0.15) is 30.9 Å². The van der Waals surface area contributed by atoms with Crippen molar-refractivity contribution in [1.29, 1.82) is 0 Å². The third-order valence-electron chi connectivity index (χ3n) is 5.62. The lowest BCUT2D eigenvalue weighted by atomic mass is 10.1. The van der Waals surface area contributed by atoms with Crippen molar-refractivity contribution in [3.8, 4) is 5.75 Å². The highest BCUT2D eigenvalue weighted by Gasteiger charge is 2.62. The summed E-state index contributed by atoms with van der Waals surface area (Å²) >= 11 is 1.71. The van der Waals surface area contributed by atoms with Gasteiger partial charge in [-0.15, -0.1) is 11.8 Å². The first kappa shape index (κ1) is 19.5. The first-order valence-electron chi connectivity index (χ1n) is 9.68. The molecule has 1 heterocycles. The normalized spacial score (nSPS) is 19.5. The fraction of sp³-hybridized carbons (Fsp3) is 0.250. The molecule has 1 aliphatic carbocycles. The van der Waals surface area contributed by atoms with Gasteiger partial charge in [0.1, 0.15) is 5.75 Å². The van der Waals surface area contributed by atoms with Crippen LogP contribution in [0, 0.1) is 11.3 Å². The number of para-hydroxylation sites is 2. The Labute approximate surface area is 175 Å². The number of pyridine rings is 1. The van der Waals surface area contributed by atoms with E-state index in [-0.39, 0.29) is 28.9 Å². The minimum atomic E-state index is -0.147. The van der Waals surface area contributed by atoms with Crippen LogP contribution in [0.2, 0.25) is 0 Å². The third-order valence-corrected chi connectivity index (χ3v) is 6.63. The van der Waals surface area contributed by atoms with Crippen molar-refractivity contribution in [3.63, 3.8) is 0 Å². The lowest BCUT2D eigenvalue weighted by molar-refractivity contribution is -0.118. The highest BCUT2D eigenvalue weighted by Crippen LogP contribution is 2.64. The van der Waals surface area contributed by atoms with Gasteiger partial charge in [-0.2, -0.15) is 0 Å². The Bertz CT molecular complexity index is 1000. The molecule has 0 radical (unpaired) electrons. The van der Waals surface area contributed by atoms with Gasteiger partial charge in [0.2, 0.25) is 5.91 Å². The summed E-state index contributed by atoms with van der Waals surface area (Å²) in [6.45, 7) is 4.20. The van der Waals surface area contributed by atoms with Gasteiger partial charge >= 0.3 is 0 Å². The molecule has 0 aliphatic heterocycles. The second-order valence-electron chi connectivity index (χ2n) is 7.99. The van der Waals surface area contributed by atoms with Crippen molar-refractivity contribution in [1.82, 2.24) is 4.98 Å². The molecule has 0 unspecified atom stereocenters. The van der Waals surface area contributed by atoms with Gasteiger partial charge in [-0.25, -0.2) is 4.98 Å². The predicted molar refractivity (Wildman–Crippen MR) is 117 cm³/mol. The molecule has 4 nitrogen and oxygen atoms in total. The number of carbonyl (C=O) groups is 1. The summed E-state index contributed by atoms with van der Waals surface area (Å²) in [6, 6.07) is 21.3. The Morgan fingerprint density at radius 3 is 2.48 bits per heavy atom. The van der Waals surface area contributed by atoms with Crippen LogP contribution >= 0.6 is 11.8 Å². The zero-order valence-corrected chi connectivity index (χ0v) is 17.3. The van der Waals surface area contributed by atoms with Crippen LogP contribution in [0.15, 0.2) is 78.0 Å². The van der Waals surface area contributed by atoms with E-state index in [2.05, 4.69) is 42.3 Å². The molecular formula is C24H24N2O2S. The first-order valence-corrected chi connectivity index (χ1v) is 10.7. The molecule has 1 aliphatic rings. The van der Waals surface area contributed by atoms with E-state index >= 15 is 0 Å².